The Morgan fingerprint density at radius 2 is 2.10 bits per heavy atom. The highest BCUT2D eigenvalue weighted by molar-refractivity contribution is 5.52. The van der Waals surface area contributed by atoms with E-state index in [-0.39, 0.29) is 5.56 Å². The Labute approximate surface area is 122 Å². The smallest absolute Gasteiger partial charge is 0.259 e. The molecule has 4 rings (SSSR count). The highest BCUT2D eigenvalue weighted by Gasteiger charge is 2.47. The number of H-pyrrole nitrogens is 1. The molecular formula is C16H19N3O2. The lowest BCUT2D eigenvalue weighted by atomic mass is 9.85. The van der Waals surface area contributed by atoms with Crippen molar-refractivity contribution < 1.29 is 4.52 Å². The van der Waals surface area contributed by atoms with Crippen LogP contribution in [0.25, 0.3) is 11.4 Å². The molecule has 2 fully saturated rings. The van der Waals surface area contributed by atoms with Crippen molar-refractivity contribution in [2.24, 2.45) is 11.8 Å². The van der Waals surface area contributed by atoms with Crippen LogP contribution in [0, 0.1) is 11.8 Å². The maximum atomic E-state index is 11.7. The van der Waals surface area contributed by atoms with E-state index in [4.69, 9.17) is 4.52 Å². The van der Waals surface area contributed by atoms with Gasteiger partial charge in [0.1, 0.15) is 0 Å². The minimum Gasteiger partial charge on any atom is -0.339 e. The van der Waals surface area contributed by atoms with E-state index in [1.165, 1.54) is 32.1 Å². The van der Waals surface area contributed by atoms with Gasteiger partial charge in [-0.25, -0.2) is 0 Å². The lowest BCUT2D eigenvalue weighted by Gasteiger charge is -2.21. The normalized spacial score (nSPS) is 25.9. The molecule has 2 unspecified atom stereocenters. The van der Waals surface area contributed by atoms with Gasteiger partial charge in [0.2, 0.25) is 11.7 Å². The summed E-state index contributed by atoms with van der Waals surface area (Å²) in [6, 6.07) is 3.49. The van der Waals surface area contributed by atoms with Gasteiger partial charge in [0, 0.05) is 12.1 Å². The lowest BCUT2D eigenvalue weighted by molar-refractivity contribution is 0.305. The first-order chi connectivity index (χ1) is 10.3. The van der Waals surface area contributed by atoms with Crippen molar-refractivity contribution >= 4 is 0 Å². The Morgan fingerprint density at radius 3 is 2.90 bits per heavy atom. The molecule has 110 valence electrons. The minimum atomic E-state index is -0.176. The highest BCUT2D eigenvalue weighted by atomic mass is 16.5. The molecule has 0 aromatic carbocycles. The Morgan fingerprint density at radius 1 is 1.24 bits per heavy atom. The largest absolute Gasteiger partial charge is 0.339 e. The molecule has 2 saturated carbocycles. The third-order valence-corrected chi connectivity index (χ3v) is 4.91. The molecule has 0 saturated heterocycles. The number of hydrogen-bond donors (Lipinski definition) is 1. The van der Waals surface area contributed by atoms with Crippen molar-refractivity contribution in [2.75, 3.05) is 0 Å². The summed E-state index contributed by atoms with van der Waals surface area (Å²) >= 11 is 0. The van der Waals surface area contributed by atoms with Crippen LogP contribution >= 0.6 is 0 Å². The van der Waals surface area contributed by atoms with Gasteiger partial charge >= 0.3 is 0 Å². The van der Waals surface area contributed by atoms with Crippen LogP contribution in [0.1, 0.15) is 50.3 Å². The number of hydrogen-bond acceptors (Lipinski definition) is 4. The average Bonchev–Trinajstić information content (AvgIpc) is 3.18. The number of nitrogens with zero attached hydrogens (tertiary/aromatic N) is 2. The van der Waals surface area contributed by atoms with E-state index in [1.54, 1.807) is 18.3 Å². The molecule has 0 aliphatic heterocycles. The van der Waals surface area contributed by atoms with Crippen LogP contribution in [-0.4, -0.2) is 15.1 Å². The predicted octanol–water partition coefficient (Wildman–Crippen LogP) is 3.11. The Kier molecular flexibility index (Phi) is 3.13. The Balaban J connectivity index is 1.51. The van der Waals surface area contributed by atoms with E-state index in [1.807, 2.05) is 0 Å². The van der Waals surface area contributed by atoms with Gasteiger partial charge in [-0.05, 0) is 30.4 Å². The SMILES string of the molecule is O=c1[nH]cccc1-c1noc(C2CC2C2CCCCC2)n1. The summed E-state index contributed by atoms with van der Waals surface area (Å²) in [6.07, 6.45) is 9.57. The maximum Gasteiger partial charge on any atom is 0.259 e. The second kappa shape index (κ2) is 5.13. The topological polar surface area (TPSA) is 71.8 Å². The molecular weight excluding hydrogens is 266 g/mol. The minimum absolute atomic E-state index is 0.176. The van der Waals surface area contributed by atoms with Crippen LogP contribution in [0.15, 0.2) is 27.6 Å². The molecule has 5 heteroatoms. The van der Waals surface area contributed by atoms with Crippen LogP contribution in [0.3, 0.4) is 0 Å². The van der Waals surface area contributed by atoms with Gasteiger partial charge in [-0.3, -0.25) is 4.79 Å². The monoisotopic (exact) mass is 285 g/mol. The Bertz CT molecular complexity index is 685. The van der Waals surface area contributed by atoms with Crippen molar-refractivity contribution in [3.8, 4) is 11.4 Å². The molecule has 2 heterocycles. The Hall–Kier alpha value is -1.91. The molecule has 2 aromatic heterocycles. The molecule has 2 atom stereocenters. The van der Waals surface area contributed by atoms with E-state index >= 15 is 0 Å². The number of pyridine rings is 1. The van der Waals surface area contributed by atoms with Crippen molar-refractivity contribution in [3.05, 3.63) is 34.6 Å². The van der Waals surface area contributed by atoms with Crippen molar-refractivity contribution in [2.45, 2.75) is 44.4 Å². The quantitative estimate of drug-likeness (QED) is 0.940. The predicted molar refractivity (Wildman–Crippen MR) is 77.8 cm³/mol. The summed E-state index contributed by atoms with van der Waals surface area (Å²) < 4.78 is 5.41. The van der Waals surface area contributed by atoms with Gasteiger partial charge in [0.05, 0.1) is 5.56 Å². The van der Waals surface area contributed by atoms with E-state index in [2.05, 4.69) is 15.1 Å². The summed E-state index contributed by atoms with van der Waals surface area (Å²) in [4.78, 5) is 18.8. The fourth-order valence-corrected chi connectivity index (χ4v) is 3.67. The number of nitrogens with one attached hydrogen (secondary N) is 1. The van der Waals surface area contributed by atoms with Crippen molar-refractivity contribution in [3.63, 3.8) is 0 Å². The third-order valence-electron chi connectivity index (χ3n) is 4.91. The average molecular weight is 285 g/mol. The molecule has 21 heavy (non-hydrogen) atoms. The van der Waals surface area contributed by atoms with Gasteiger partial charge < -0.3 is 9.51 Å². The summed E-state index contributed by atoms with van der Waals surface area (Å²) in [5, 5.41) is 3.98. The van der Waals surface area contributed by atoms with Crippen LogP contribution in [0.5, 0.6) is 0 Å². The standard InChI is InChI=1S/C16H19N3O2/c20-15-11(7-4-8-17-15)14-18-16(21-19-14)13-9-12(13)10-5-2-1-3-6-10/h4,7-8,10,12-13H,1-3,5-6,9H2,(H,17,20). The molecule has 0 radical (unpaired) electrons. The highest BCUT2D eigenvalue weighted by Crippen LogP contribution is 2.54. The summed E-state index contributed by atoms with van der Waals surface area (Å²) in [6.45, 7) is 0. The summed E-state index contributed by atoms with van der Waals surface area (Å²) in [5.41, 5.74) is 0.298. The van der Waals surface area contributed by atoms with E-state index in [0.717, 1.165) is 12.3 Å². The zero-order valence-corrected chi connectivity index (χ0v) is 11.9. The third kappa shape index (κ3) is 2.41. The molecule has 0 bridgehead atoms. The number of aromatic nitrogens is 3. The second-order valence-electron chi connectivity index (χ2n) is 6.27. The zero-order chi connectivity index (χ0) is 14.2. The molecule has 0 spiro atoms. The molecule has 5 nitrogen and oxygen atoms in total. The van der Waals surface area contributed by atoms with Crippen LogP contribution in [0.2, 0.25) is 0 Å². The fraction of sp³-hybridized carbons (Fsp3) is 0.562. The molecule has 1 N–H and O–H groups in total. The van der Waals surface area contributed by atoms with E-state index in [0.29, 0.717) is 29.1 Å². The first-order valence-corrected chi connectivity index (χ1v) is 7.84. The van der Waals surface area contributed by atoms with Gasteiger partial charge in [0.15, 0.2) is 0 Å². The van der Waals surface area contributed by atoms with Gasteiger partial charge in [-0.1, -0.05) is 37.3 Å². The van der Waals surface area contributed by atoms with Gasteiger partial charge in [-0.2, -0.15) is 4.98 Å². The van der Waals surface area contributed by atoms with Crippen LogP contribution < -0.4 is 5.56 Å². The van der Waals surface area contributed by atoms with E-state index < -0.39 is 0 Å². The van der Waals surface area contributed by atoms with Crippen LogP contribution in [-0.2, 0) is 0 Å². The van der Waals surface area contributed by atoms with Crippen LogP contribution in [0.4, 0.5) is 0 Å². The lowest BCUT2D eigenvalue weighted by Crippen LogP contribution is -2.09. The molecule has 2 aliphatic rings. The van der Waals surface area contributed by atoms with Gasteiger partial charge in [0.25, 0.3) is 5.56 Å². The molecule has 0 amide bonds. The molecule has 2 aliphatic carbocycles. The summed E-state index contributed by atoms with van der Waals surface area (Å²) in [5.74, 6) is 3.08. The molecule has 2 aromatic rings. The number of rotatable bonds is 3. The second-order valence-corrected chi connectivity index (χ2v) is 6.27. The van der Waals surface area contributed by atoms with E-state index in [9.17, 15) is 4.79 Å². The fourth-order valence-electron chi connectivity index (χ4n) is 3.67. The number of aromatic amines is 1. The summed E-state index contributed by atoms with van der Waals surface area (Å²) in [7, 11) is 0. The van der Waals surface area contributed by atoms with Gasteiger partial charge in [-0.15, -0.1) is 0 Å². The maximum absolute atomic E-state index is 11.7. The zero-order valence-electron chi connectivity index (χ0n) is 11.9. The first-order valence-electron chi connectivity index (χ1n) is 7.84. The van der Waals surface area contributed by atoms with Crippen molar-refractivity contribution in [1.82, 2.24) is 15.1 Å². The van der Waals surface area contributed by atoms with Crippen molar-refractivity contribution in [1.29, 1.82) is 0 Å². The first kappa shape index (κ1) is 12.8.